The van der Waals surface area contributed by atoms with E-state index in [9.17, 15) is 4.79 Å². The van der Waals surface area contributed by atoms with Gasteiger partial charge in [-0.3, -0.25) is 4.79 Å². The molecule has 1 aromatic carbocycles. The molecule has 0 spiro atoms. The Labute approximate surface area is 107 Å². The summed E-state index contributed by atoms with van der Waals surface area (Å²) in [4.78, 5) is 11.1. The number of hydrogen-bond donors (Lipinski definition) is 1. The topological polar surface area (TPSA) is 46.5 Å². The molecular weight excluding hydrogens is 228 g/mol. The molecule has 1 fully saturated rings. The highest BCUT2D eigenvalue weighted by Gasteiger charge is 2.40. The zero-order valence-electron chi connectivity index (χ0n) is 10.3. The number of carboxylic acid groups (broad SMARTS) is 1. The van der Waals surface area contributed by atoms with Gasteiger partial charge in [0, 0.05) is 11.8 Å². The Morgan fingerprint density at radius 1 is 1.28 bits per heavy atom. The second-order valence-electron chi connectivity index (χ2n) is 5.35. The van der Waals surface area contributed by atoms with Gasteiger partial charge >= 0.3 is 5.97 Å². The van der Waals surface area contributed by atoms with Gasteiger partial charge in [0.05, 0.1) is 6.42 Å². The van der Waals surface area contributed by atoms with E-state index in [2.05, 4.69) is 0 Å². The van der Waals surface area contributed by atoms with E-state index >= 15 is 0 Å². The minimum Gasteiger partial charge on any atom is -0.490 e. The van der Waals surface area contributed by atoms with Gasteiger partial charge in [-0.15, -0.1) is 0 Å². The van der Waals surface area contributed by atoms with Crippen molar-refractivity contribution in [3.8, 4) is 5.75 Å². The summed E-state index contributed by atoms with van der Waals surface area (Å²) in [6.45, 7) is 0. The van der Waals surface area contributed by atoms with Crippen molar-refractivity contribution in [1.82, 2.24) is 0 Å². The summed E-state index contributed by atoms with van der Waals surface area (Å²) in [6, 6.07) is 7.92. The van der Waals surface area contributed by atoms with E-state index < -0.39 is 5.97 Å². The van der Waals surface area contributed by atoms with Crippen LogP contribution in [0.15, 0.2) is 24.3 Å². The lowest BCUT2D eigenvalue weighted by Crippen LogP contribution is -2.39. The number of rotatable bonds is 2. The Morgan fingerprint density at radius 2 is 2.06 bits per heavy atom. The first-order chi connectivity index (χ1) is 8.75. The van der Waals surface area contributed by atoms with Crippen molar-refractivity contribution >= 4 is 5.97 Å². The number of ether oxygens (including phenoxy) is 1. The summed E-state index contributed by atoms with van der Waals surface area (Å²) < 4.78 is 6.05. The van der Waals surface area contributed by atoms with Gasteiger partial charge in [0.2, 0.25) is 0 Å². The third kappa shape index (κ3) is 1.98. The molecular formula is C15H18O3. The standard InChI is InChI=1S/C15H18O3/c16-15(17)9-12-10-5-1-3-7-13(10)18-14-8-4-2-6-11(12)14/h1,3,5,7,11-12,14H,2,4,6,8-9H2,(H,16,17)/t11-,12+,14+/m1/s1. The normalized spacial score (nSPS) is 29.9. The lowest BCUT2D eigenvalue weighted by Gasteiger charge is -2.42. The minimum atomic E-state index is -0.707. The number of carboxylic acids is 1. The van der Waals surface area contributed by atoms with E-state index in [4.69, 9.17) is 9.84 Å². The van der Waals surface area contributed by atoms with E-state index in [0.29, 0.717) is 5.92 Å². The second-order valence-corrected chi connectivity index (χ2v) is 5.35. The Balaban J connectivity index is 1.97. The molecule has 18 heavy (non-hydrogen) atoms. The molecule has 1 aliphatic carbocycles. The average Bonchev–Trinajstić information content (AvgIpc) is 2.38. The van der Waals surface area contributed by atoms with Gasteiger partial charge < -0.3 is 9.84 Å². The maximum atomic E-state index is 11.1. The van der Waals surface area contributed by atoms with Crippen LogP contribution >= 0.6 is 0 Å². The summed E-state index contributed by atoms with van der Waals surface area (Å²) in [5, 5.41) is 9.14. The molecule has 0 aromatic heterocycles. The van der Waals surface area contributed by atoms with Crippen LogP contribution in [0.1, 0.15) is 43.6 Å². The Morgan fingerprint density at radius 3 is 2.89 bits per heavy atom. The predicted molar refractivity (Wildman–Crippen MR) is 67.8 cm³/mol. The molecule has 1 saturated carbocycles. The van der Waals surface area contributed by atoms with E-state index in [1.807, 2.05) is 24.3 Å². The van der Waals surface area contributed by atoms with Crippen LogP contribution in [0.2, 0.25) is 0 Å². The maximum absolute atomic E-state index is 11.1. The molecule has 1 aromatic rings. The van der Waals surface area contributed by atoms with Crippen LogP contribution in [0.4, 0.5) is 0 Å². The van der Waals surface area contributed by atoms with Gasteiger partial charge in [0.25, 0.3) is 0 Å². The second kappa shape index (κ2) is 4.63. The van der Waals surface area contributed by atoms with Gasteiger partial charge in [-0.25, -0.2) is 0 Å². The van der Waals surface area contributed by atoms with Crippen LogP contribution < -0.4 is 4.74 Å². The summed E-state index contributed by atoms with van der Waals surface area (Å²) in [7, 11) is 0. The fourth-order valence-electron chi connectivity index (χ4n) is 3.47. The van der Waals surface area contributed by atoms with Crippen LogP contribution in [-0.4, -0.2) is 17.2 Å². The first-order valence-electron chi connectivity index (χ1n) is 6.73. The third-order valence-electron chi connectivity index (χ3n) is 4.26. The monoisotopic (exact) mass is 246 g/mol. The summed E-state index contributed by atoms with van der Waals surface area (Å²) >= 11 is 0. The molecule has 3 atom stereocenters. The van der Waals surface area contributed by atoms with Crippen molar-refractivity contribution in [2.75, 3.05) is 0 Å². The average molecular weight is 246 g/mol. The Kier molecular flexibility index (Phi) is 2.98. The van der Waals surface area contributed by atoms with Crippen molar-refractivity contribution in [1.29, 1.82) is 0 Å². The number of benzene rings is 1. The fraction of sp³-hybridized carbons (Fsp3) is 0.533. The lowest BCUT2D eigenvalue weighted by atomic mass is 9.72. The Hall–Kier alpha value is -1.51. The molecule has 0 unspecified atom stereocenters. The predicted octanol–water partition coefficient (Wildman–Crippen LogP) is 3.20. The lowest BCUT2D eigenvalue weighted by molar-refractivity contribution is -0.138. The molecule has 3 nitrogen and oxygen atoms in total. The molecule has 1 aliphatic heterocycles. The van der Waals surface area contributed by atoms with Gasteiger partial charge in [-0.1, -0.05) is 24.6 Å². The van der Waals surface area contributed by atoms with Crippen LogP contribution in [0.5, 0.6) is 5.75 Å². The van der Waals surface area contributed by atoms with Gasteiger partial charge in [0.15, 0.2) is 0 Å². The van der Waals surface area contributed by atoms with E-state index in [1.165, 1.54) is 12.8 Å². The molecule has 3 rings (SSSR count). The number of carbonyl (C=O) groups is 1. The summed E-state index contributed by atoms with van der Waals surface area (Å²) in [6.07, 6.45) is 5.00. The van der Waals surface area contributed by atoms with Crippen LogP contribution in [-0.2, 0) is 4.79 Å². The van der Waals surface area contributed by atoms with E-state index in [-0.39, 0.29) is 18.4 Å². The number of fused-ring (bicyclic) bond motifs is 2. The van der Waals surface area contributed by atoms with Gasteiger partial charge in [-0.05, 0) is 30.9 Å². The SMILES string of the molecule is O=C(O)C[C@H]1c2ccccc2O[C@H]2CCCC[C@@H]21. The highest BCUT2D eigenvalue weighted by Crippen LogP contribution is 2.47. The van der Waals surface area contributed by atoms with Crippen LogP contribution in [0, 0.1) is 5.92 Å². The van der Waals surface area contributed by atoms with Crippen LogP contribution in [0.3, 0.4) is 0 Å². The first kappa shape index (κ1) is 11.6. The molecule has 0 radical (unpaired) electrons. The smallest absolute Gasteiger partial charge is 0.303 e. The van der Waals surface area contributed by atoms with Crippen molar-refractivity contribution in [3.05, 3.63) is 29.8 Å². The molecule has 0 bridgehead atoms. The van der Waals surface area contributed by atoms with Crippen molar-refractivity contribution in [3.63, 3.8) is 0 Å². The maximum Gasteiger partial charge on any atom is 0.303 e. The third-order valence-corrected chi connectivity index (χ3v) is 4.26. The molecule has 96 valence electrons. The number of hydrogen-bond acceptors (Lipinski definition) is 2. The first-order valence-corrected chi connectivity index (χ1v) is 6.73. The van der Waals surface area contributed by atoms with Gasteiger partial charge in [-0.2, -0.15) is 0 Å². The zero-order chi connectivity index (χ0) is 12.5. The van der Waals surface area contributed by atoms with Gasteiger partial charge in [0.1, 0.15) is 11.9 Å². The minimum absolute atomic E-state index is 0.123. The van der Waals surface area contributed by atoms with Crippen molar-refractivity contribution in [2.45, 2.75) is 44.1 Å². The zero-order valence-corrected chi connectivity index (χ0v) is 10.3. The quantitative estimate of drug-likeness (QED) is 0.871. The molecule has 1 heterocycles. The van der Waals surface area contributed by atoms with E-state index in [1.54, 1.807) is 0 Å². The molecule has 0 saturated heterocycles. The Bertz CT molecular complexity index is 455. The summed E-state index contributed by atoms with van der Waals surface area (Å²) in [5.41, 5.74) is 1.09. The summed E-state index contributed by atoms with van der Waals surface area (Å²) in [5.74, 6) is 0.690. The molecule has 3 heteroatoms. The van der Waals surface area contributed by atoms with E-state index in [0.717, 1.165) is 24.2 Å². The van der Waals surface area contributed by atoms with Crippen molar-refractivity contribution < 1.29 is 14.6 Å². The number of aliphatic carboxylic acids is 1. The fourth-order valence-corrected chi connectivity index (χ4v) is 3.47. The molecule has 2 aliphatic rings. The van der Waals surface area contributed by atoms with Crippen LogP contribution in [0.25, 0.3) is 0 Å². The van der Waals surface area contributed by atoms with Crippen molar-refractivity contribution in [2.24, 2.45) is 5.92 Å². The highest BCUT2D eigenvalue weighted by molar-refractivity contribution is 5.68. The molecule has 0 amide bonds. The highest BCUT2D eigenvalue weighted by atomic mass is 16.5. The largest absolute Gasteiger partial charge is 0.490 e. The number of para-hydroxylation sites is 1. The molecule has 1 N–H and O–H groups in total.